The van der Waals surface area contributed by atoms with E-state index in [1.165, 1.54) is 12.1 Å². The normalized spacial score (nSPS) is 17.8. The standard InChI is InChI=1S/C11H11FO5S/c1-11(2)6-9(13)8-5-7(17-18(12,14)15)3-4-10(8)16-11/h3-5H,6H2,1-2H3. The van der Waals surface area contributed by atoms with E-state index in [9.17, 15) is 17.1 Å². The lowest BCUT2D eigenvalue weighted by molar-refractivity contribution is 0.0619. The number of ether oxygens (including phenoxy) is 1. The molecule has 0 aromatic heterocycles. The number of hydrogen-bond donors (Lipinski definition) is 0. The number of ketones is 1. The zero-order valence-electron chi connectivity index (χ0n) is 9.77. The van der Waals surface area contributed by atoms with Crippen LogP contribution in [0.2, 0.25) is 0 Å². The van der Waals surface area contributed by atoms with Crippen molar-refractivity contribution in [3.05, 3.63) is 23.8 Å². The molecule has 0 spiro atoms. The van der Waals surface area contributed by atoms with E-state index >= 15 is 0 Å². The smallest absolute Gasteiger partial charge is 0.487 e. The van der Waals surface area contributed by atoms with Crippen LogP contribution in [-0.4, -0.2) is 19.8 Å². The molecule has 18 heavy (non-hydrogen) atoms. The molecule has 1 aromatic carbocycles. The quantitative estimate of drug-likeness (QED) is 0.772. The second-order valence-electron chi connectivity index (χ2n) is 4.60. The highest BCUT2D eigenvalue weighted by Gasteiger charge is 2.32. The van der Waals surface area contributed by atoms with Crippen molar-refractivity contribution in [2.75, 3.05) is 0 Å². The van der Waals surface area contributed by atoms with Gasteiger partial charge in [0.05, 0.1) is 12.0 Å². The summed E-state index contributed by atoms with van der Waals surface area (Å²) in [5.74, 6) is -0.129. The van der Waals surface area contributed by atoms with Crippen LogP contribution < -0.4 is 8.92 Å². The molecule has 0 unspecified atom stereocenters. The fraction of sp³-hybridized carbons (Fsp3) is 0.364. The summed E-state index contributed by atoms with van der Waals surface area (Å²) in [6, 6.07) is 3.77. The van der Waals surface area contributed by atoms with E-state index in [0.717, 1.165) is 6.07 Å². The maximum atomic E-state index is 12.4. The molecule has 1 aliphatic heterocycles. The predicted molar refractivity (Wildman–Crippen MR) is 60.8 cm³/mol. The number of halogens is 1. The molecule has 0 saturated carbocycles. The third-order valence-corrected chi connectivity index (χ3v) is 2.81. The summed E-state index contributed by atoms with van der Waals surface area (Å²) in [4.78, 5) is 11.8. The van der Waals surface area contributed by atoms with E-state index < -0.39 is 16.1 Å². The Kier molecular flexibility index (Phi) is 2.81. The highest BCUT2D eigenvalue weighted by molar-refractivity contribution is 7.81. The lowest BCUT2D eigenvalue weighted by Gasteiger charge is -2.31. The molecule has 1 aromatic rings. The Labute approximate surface area is 104 Å². The van der Waals surface area contributed by atoms with Gasteiger partial charge in [0.1, 0.15) is 17.1 Å². The van der Waals surface area contributed by atoms with E-state index in [-0.39, 0.29) is 23.5 Å². The van der Waals surface area contributed by atoms with Gasteiger partial charge in [0.2, 0.25) is 0 Å². The fourth-order valence-corrected chi connectivity index (χ4v) is 2.13. The van der Waals surface area contributed by atoms with Crippen molar-refractivity contribution >= 4 is 16.3 Å². The summed E-state index contributed by atoms with van der Waals surface area (Å²) in [6.45, 7) is 3.54. The molecule has 0 aliphatic carbocycles. The first kappa shape index (κ1) is 12.8. The van der Waals surface area contributed by atoms with Crippen LogP contribution in [0.15, 0.2) is 18.2 Å². The lowest BCUT2D eigenvalue weighted by Crippen LogP contribution is -2.35. The molecule has 0 N–H and O–H groups in total. The van der Waals surface area contributed by atoms with E-state index in [1.807, 2.05) is 0 Å². The SMILES string of the molecule is CC1(C)CC(=O)c2cc(OS(=O)(=O)F)ccc2O1. The van der Waals surface area contributed by atoms with Crippen molar-refractivity contribution in [2.24, 2.45) is 0 Å². The molecule has 0 radical (unpaired) electrons. The molecular formula is C11H11FO5S. The van der Waals surface area contributed by atoms with Crippen LogP contribution in [0.1, 0.15) is 30.6 Å². The monoisotopic (exact) mass is 274 g/mol. The van der Waals surface area contributed by atoms with E-state index in [0.29, 0.717) is 5.75 Å². The maximum absolute atomic E-state index is 12.4. The van der Waals surface area contributed by atoms with Gasteiger partial charge < -0.3 is 8.92 Å². The molecule has 5 nitrogen and oxygen atoms in total. The first-order valence-corrected chi connectivity index (χ1v) is 6.47. The third kappa shape index (κ3) is 2.79. The number of Topliss-reactive ketones (excluding diaryl/α,β-unsaturated/α-hetero) is 1. The van der Waals surface area contributed by atoms with Gasteiger partial charge in [0, 0.05) is 0 Å². The fourth-order valence-electron chi connectivity index (χ4n) is 1.80. The van der Waals surface area contributed by atoms with Crippen LogP contribution >= 0.6 is 0 Å². The van der Waals surface area contributed by atoms with Crippen LogP contribution in [-0.2, 0) is 10.5 Å². The molecule has 0 fully saturated rings. The van der Waals surface area contributed by atoms with Crippen LogP contribution in [0.4, 0.5) is 3.89 Å². The minimum atomic E-state index is -5.10. The van der Waals surface area contributed by atoms with Crippen molar-refractivity contribution in [1.82, 2.24) is 0 Å². The first-order chi connectivity index (χ1) is 8.16. The number of hydrogen-bond acceptors (Lipinski definition) is 5. The number of rotatable bonds is 2. The largest absolute Gasteiger partial charge is 0.488 e. The molecular weight excluding hydrogens is 263 g/mol. The van der Waals surface area contributed by atoms with Crippen molar-refractivity contribution in [3.8, 4) is 11.5 Å². The third-order valence-electron chi connectivity index (χ3n) is 2.42. The van der Waals surface area contributed by atoms with Gasteiger partial charge >= 0.3 is 10.5 Å². The second kappa shape index (κ2) is 3.94. The van der Waals surface area contributed by atoms with Gasteiger partial charge in [0.15, 0.2) is 5.78 Å². The molecule has 1 heterocycles. The molecule has 0 amide bonds. The van der Waals surface area contributed by atoms with Gasteiger partial charge in [-0.05, 0) is 32.0 Å². The number of benzene rings is 1. The Hall–Kier alpha value is -1.63. The van der Waals surface area contributed by atoms with Crippen molar-refractivity contribution in [2.45, 2.75) is 25.9 Å². The van der Waals surface area contributed by atoms with Crippen molar-refractivity contribution in [3.63, 3.8) is 0 Å². The molecule has 7 heteroatoms. The van der Waals surface area contributed by atoms with Crippen LogP contribution in [0.5, 0.6) is 11.5 Å². The van der Waals surface area contributed by atoms with Gasteiger partial charge in [-0.2, -0.15) is 8.42 Å². The average Bonchev–Trinajstić information content (AvgIpc) is 2.15. The minimum absolute atomic E-state index is 0.159. The van der Waals surface area contributed by atoms with E-state index in [1.54, 1.807) is 13.8 Å². The van der Waals surface area contributed by atoms with E-state index in [2.05, 4.69) is 4.18 Å². The van der Waals surface area contributed by atoms with Crippen LogP contribution in [0, 0.1) is 0 Å². The molecule has 2 rings (SSSR count). The highest BCUT2D eigenvalue weighted by Crippen LogP contribution is 2.35. The summed E-state index contributed by atoms with van der Waals surface area (Å²) in [7, 11) is -5.10. The van der Waals surface area contributed by atoms with Crippen molar-refractivity contribution < 1.29 is 26.0 Å². The van der Waals surface area contributed by atoms with E-state index in [4.69, 9.17) is 4.74 Å². The minimum Gasteiger partial charge on any atom is -0.487 e. The zero-order valence-corrected chi connectivity index (χ0v) is 10.6. The molecule has 98 valence electrons. The number of carbonyl (C=O) groups is 1. The Balaban J connectivity index is 2.39. The topological polar surface area (TPSA) is 69.7 Å². The van der Waals surface area contributed by atoms with Gasteiger partial charge in [-0.3, -0.25) is 4.79 Å². The van der Waals surface area contributed by atoms with Gasteiger partial charge in [-0.25, -0.2) is 0 Å². The van der Waals surface area contributed by atoms with Crippen LogP contribution in [0.3, 0.4) is 0 Å². The Morgan fingerprint density at radius 1 is 1.39 bits per heavy atom. The summed E-state index contributed by atoms with van der Waals surface area (Å²) >= 11 is 0. The molecule has 1 aliphatic rings. The summed E-state index contributed by atoms with van der Waals surface area (Å²) in [5, 5.41) is 0. The molecule has 0 atom stereocenters. The second-order valence-corrected chi connectivity index (χ2v) is 5.55. The summed E-state index contributed by atoms with van der Waals surface area (Å²) < 4.78 is 42.7. The van der Waals surface area contributed by atoms with Gasteiger partial charge in [-0.1, -0.05) is 3.89 Å². The predicted octanol–water partition coefficient (Wildman–Crippen LogP) is 2.02. The lowest BCUT2D eigenvalue weighted by atomic mass is 9.93. The highest BCUT2D eigenvalue weighted by atomic mass is 32.3. The Bertz CT molecular complexity index is 606. The molecule has 0 saturated heterocycles. The van der Waals surface area contributed by atoms with Crippen LogP contribution in [0.25, 0.3) is 0 Å². The zero-order chi connectivity index (χ0) is 13.6. The van der Waals surface area contributed by atoms with Crippen molar-refractivity contribution in [1.29, 1.82) is 0 Å². The maximum Gasteiger partial charge on any atom is 0.488 e. The average molecular weight is 274 g/mol. The Morgan fingerprint density at radius 3 is 2.67 bits per heavy atom. The Morgan fingerprint density at radius 2 is 2.06 bits per heavy atom. The first-order valence-electron chi connectivity index (χ1n) is 5.17. The summed E-state index contributed by atoms with van der Waals surface area (Å²) in [6.07, 6.45) is 0.159. The van der Waals surface area contributed by atoms with Gasteiger partial charge in [0.25, 0.3) is 0 Å². The number of fused-ring (bicyclic) bond motifs is 1. The summed E-state index contributed by atoms with van der Waals surface area (Å²) in [5.41, 5.74) is -0.422. The number of carbonyl (C=O) groups excluding carboxylic acids is 1. The molecule has 0 bridgehead atoms. The van der Waals surface area contributed by atoms with Gasteiger partial charge in [-0.15, -0.1) is 0 Å².